The maximum atomic E-state index is 12.4. The Balaban J connectivity index is 1.93. The molecule has 18 heavy (non-hydrogen) atoms. The minimum absolute atomic E-state index is 0.0523. The highest BCUT2D eigenvalue weighted by molar-refractivity contribution is 5.84. The lowest BCUT2D eigenvalue weighted by Crippen LogP contribution is -2.52. The van der Waals surface area contributed by atoms with Crippen LogP contribution in [0.2, 0.25) is 0 Å². The first-order chi connectivity index (χ1) is 8.71. The monoisotopic (exact) mass is 254 g/mol. The number of unbranched alkanes of at least 4 members (excludes halogenated alkanes) is 1. The molecule has 0 aromatic carbocycles. The van der Waals surface area contributed by atoms with Gasteiger partial charge in [0.15, 0.2) is 0 Å². The van der Waals surface area contributed by atoms with Crippen molar-refractivity contribution >= 4 is 5.91 Å². The van der Waals surface area contributed by atoms with Gasteiger partial charge in [-0.05, 0) is 25.7 Å². The average molecular weight is 254 g/mol. The number of hydrogen-bond donors (Lipinski definition) is 1. The molecule has 0 spiro atoms. The molecular weight excluding hydrogens is 228 g/mol. The minimum Gasteiger partial charge on any atom is -0.381 e. The number of nitrogens with one attached hydrogen (secondary N) is 1. The van der Waals surface area contributed by atoms with Crippen LogP contribution in [0.1, 0.15) is 52.4 Å². The lowest BCUT2D eigenvalue weighted by molar-refractivity contribution is -0.137. The highest BCUT2D eigenvalue weighted by atomic mass is 16.5. The quantitative estimate of drug-likeness (QED) is 0.787. The van der Waals surface area contributed by atoms with Gasteiger partial charge in [-0.3, -0.25) is 10.1 Å². The summed E-state index contributed by atoms with van der Waals surface area (Å²) in [7, 11) is 1.76. The van der Waals surface area contributed by atoms with E-state index in [0.29, 0.717) is 18.1 Å². The van der Waals surface area contributed by atoms with E-state index in [1.54, 1.807) is 7.11 Å². The summed E-state index contributed by atoms with van der Waals surface area (Å²) in [5.41, 5.74) is 0. The van der Waals surface area contributed by atoms with Crippen LogP contribution in [0.15, 0.2) is 0 Å². The number of nitrogens with zero attached hydrogens (tertiary/aromatic N) is 1. The number of amides is 1. The Bertz CT molecular complexity index is 290. The summed E-state index contributed by atoms with van der Waals surface area (Å²) in [6, 6.07) is 0.447. The number of carbonyl (C=O) groups is 1. The van der Waals surface area contributed by atoms with Gasteiger partial charge in [0, 0.05) is 13.2 Å². The molecule has 1 aliphatic carbocycles. The predicted octanol–water partition coefficient (Wildman–Crippen LogP) is 1.89. The predicted molar refractivity (Wildman–Crippen MR) is 71.2 cm³/mol. The van der Waals surface area contributed by atoms with E-state index in [4.69, 9.17) is 4.74 Å². The molecule has 2 rings (SSSR count). The number of carbonyl (C=O) groups excluding carboxylic acids is 1. The summed E-state index contributed by atoms with van der Waals surface area (Å²) in [6.07, 6.45) is 6.83. The average Bonchev–Trinajstić information content (AvgIpc) is 2.63. The van der Waals surface area contributed by atoms with Crippen molar-refractivity contribution in [1.29, 1.82) is 0 Å². The molecule has 1 saturated heterocycles. The van der Waals surface area contributed by atoms with E-state index in [1.165, 1.54) is 0 Å². The second kappa shape index (κ2) is 6.02. The fourth-order valence-electron chi connectivity index (χ4n) is 3.04. The molecule has 1 saturated carbocycles. The molecule has 2 aliphatic rings. The summed E-state index contributed by atoms with van der Waals surface area (Å²) in [6.45, 7) is 4.32. The van der Waals surface area contributed by atoms with Crippen LogP contribution >= 0.6 is 0 Å². The normalized spacial score (nSPS) is 35.9. The first-order valence-corrected chi connectivity index (χ1v) is 7.32. The molecule has 0 radical (unpaired) electrons. The zero-order chi connectivity index (χ0) is 13.1. The van der Waals surface area contributed by atoms with Crippen molar-refractivity contribution in [2.75, 3.05) is 7.11 Å². The molecule has 1 heterocycles. The van der Waals surface area contributed by atoms with Gasteiger partial charge in [0.25, 0.3) is 0 Å². The summed E-state index contributed by atoms with van der Waals surface area (Å²) >= 11 is 0. The third-order valence-electron chi connectivity index (χ3n) is 4.31. The molecule has 0 aromatic rings. The highest BCUT2D eigenvalue weighted by Gasteiger charge is 2.45. The maximum absolute atomic E-state index is 12.4. The summed E-state index contributed by atoms with van der Waals surface area (Å²) in [5.74, 6) is 0.315. The van der Waals surface area contributed by atoms with E-state index in [9.17, 15) is 4.79 Å². The Morgan fingerprint density at radius 1 is 1.39 bits per heavy atom. The van der Waals surface area contributed by atoms with Gasteiger partial charge in [-0.25, -0.2) is 0 Å². The van der Waals surface area contributed by atoms with Crippen molar-refractivity contribution in [3.8, 4) is 0 Å². The third-order valence-corrected chi connectivity index (χ3v) is 4.31. The molecule has 2 atom stereocenters. The van der Waals surface area contributed by atoms with Crippen molar-refractivity contribution in [2.45, 2.75) is 76.7 Å². The van der Waals surface area contributed by atoms with Crippen LogP contribution in [0, 0.1) is 0 Å². The first kappa shape index (κ1) is 13.8. The molecule has 0 bridgehead atoms. The zero-order valence-electron chi connectivity index (χ0n) is 11.8. The number of rotatable bonds is 6. The molecule has 0 aromatic heterocycles. The molecule has 104 valence electrons. The van der Waals surface area contributed by atoms with Gasteiger partial charge < -0.3 is 9.64 Å². The Labute approximate surface area is 110 Å². The fourth-order valence-corrected chi connectivity index (χ4v) is 3.04. The third kappa shape index (κ3) is 2.54. The standard InChI is InChI=1S/C14H26N2O2/c1-4-6-7-12-14(17)16(13(5-2)15-12)10-8-11(9-10)18-3/h10-13,15H,4-9H2,1-3H3. The lowest BCUT2D eigenvalue weighted by Gasteiger charge is -2.42. The van der Waals surface area contributed by atoms with Crippen LogP contribution in [0.5, 0.6) is 0 Å². The Kier molecular flexibility index (Phi) is 4.62. The maximum Gasteiger partial charge on any atom is 0.241 e. The van der Waals surface area contributed by atoms with Gasteiger partial charge >= 0.3 is 0 Å². The Hall–Kier alpha value is -0.610. The molecule has 4 nitrogen and oxygen atoms in total. The molecule has 1 N–H and O–H groups in total. The molecule has 2 fully saturated rings. The molecule has 1 aliphatic heterocycles. The second-order valence-corrected chi connectivity index (χ2v) is 5.51. The van der Waals surface area contributed by atoms with Gasteiger partial charge in [0.2, 0.25) is 5.91 Å². The van der Waals surface area contributed by atoms with E-state index in [2.05, 4.69) is 24.1 Å². The topological polar surface area (TPSA) is 41.6 Å². The van der Waals surface area contributed by atoms with E-state index in [1.807, 2.05) is 0 Å². The number of ether oxygens (including phenoxy) is 1. The number of methoxy groups -OCH3 is 1. The van der Waals surface area contributed by atoms with Crippen LogP contribution in [0.25, 0.3) is 0 Å². The van der Waals surface area contributed by atoms with Gasteiger partial charge in [-0.15, -0.1) is 0 Å². The van der Waals surface area contributed by atoms with Gasteiger partial charge in [-0.2, -0.15) is 0 Å². The Morgan fingerprint density at radius 2 is 2.11 bits per heavy atom. The van der Waals surface area contributed by atoms with E-state index in [-0.39, 0.29) is 12.2 Å². The molecule has 4 heteroatoms. The van der Waals surface area contributed by atoms with Crippen molar-refractivity contribution in [1.82, 2.24) is 10.2 Å². The highest BCUT2D eigenvalue weighted by Crippen LogP contribution is 2.32. The van der Waals surface area contributed by atoms with Crippen LogP contribution in [0.4, 0.5) is 0 Å². The van der Waals surface area contributed by atoms with Crippen molar-refractivity contribution < 1.29 is 9.53 Å². The van der Waals surface area contributed by atoms with E-state index in [0.717, 1.165) is 38.5 Å². The van der Waals surface area contributed by atoms with Crippen molar-refractivity contribution in [3.05, 3.63) is 0 Å². The van der Waals surface area contributed by atoms with Gasteiger partial charge in [0.1, 0.15) is 0 Å². The van der Waals surface area contributed by atoms with Crippen molar-refractivity contribution in [2.24, 2.45) is 0 Å². The van der Waals surface area contributed by atoms with Crippen LogP contribution in [-0.2, 0) is 9.53 Å². The minimum atomic E-state index is 0.0523. The lowest BCUT2D eigenvalue weighted by atomic mass is 9.87. The van der Waals surface area contributed by atoms with Gasteiger partial charge in [-0.1, -0.05) is 26.7 Å². The van der Waals surface area contributed by atoms with E-state index >= 15 is 0 Å². The molecular formula is C14H26N2O2. The smallest absolute Gasteiger partial charge is 0.241 e. The summed E-state index contributed by atoms with van der Waals surface area (Å²) in [4.78, 5) is 14.5. The first-order valence-electron chi connectivity index (χ1n) is 7.32. The molecule has 2 unspecified atom stereocenters. The van der Waals surface area contributed by atoms with Crippen LogP contribution in [0.3, 0.4) is 0 Å². The SMILES string of the molecule is CCCCC1NC(CC)N(C2CC(OC)C2)C1=O. The van der Waals surface area contributed by atoms with Crippen LogP contribution < -0.4 is 5.32 Å². The Morgan fingerprint density at radius 3 is 2.67 bits per heavy atom. The van der Waals surface area contributed by atoms with Crippen LogP contribution in [-0.4, -0.2) is 42.3 Å². The largest absolute Gasteiger partial charge is 0.381 e. The number of hydrogen-bond acceptors (Lipinski definition) is 3. The van der Waals surface area contributed by atoms with Crippen molar-refractivity contribution in [3.63, 3.8) is 0 Å². The summed E-state index contributed by atoms with van der Waals surface area (Å²) < 4.78 is 5.31. The second-order valence-electron chi connectivity index (χ2n) is 5.51. The fraction of sp³-hybridized carbons (Fsp3) is 0.929. The zero-order valence-corrected chi connectivity index (χ0v) is 11.8. The van der Waals surface area contributed by atoms with E-state index < -0.39 is 0 Å². The molecule has 1 amide bonds. The summed E-state index contributed by atoms with van der Waals surface area (Å²) in [5, 5.41) is 3.49. The van der Waals surface area contributed by atoms with Gasteiger partial charge in [0.05, 0.1) is 18.3 Å².